The lowest BCUT2D eigenvalue weighted by Gasteiger charge is -1.99. The van der Waals surface area contributed by atoms with E-state index in [0.29, 0.717) is 5.56 Å². The summed E-state index contributed by atoms with van der Waals surface area (Å²) in [5.74, 6) is 0. The van der Waals surface area contributed by atoms with Gasteiger partial charge in [-0.15, -0.1) is 0 Å². The predicted octanol–water partition coefficient (Wildman–Crippen LogP) is 1.39. The van der Waals surface area contributed by atoms with Crippen LogP contribution >= 0.6 is 13.5 Å². The van der Waals surface area contributed by atoms with Gasteiger partial charge in [-0.3, -0.25) is 4.55 Å². The average molecular weight is 258 g/mol. The van der Waals surface area contributed by atoms with Crippen molar-refractivity contribution >= 4 is 23.6 Å². The van der Waals surface area contributed by atoms with E-state index in [2.05, 4.69) is 0 Å². The quantitative estimate of drug-likeness (QED) is 0.767. The summed E-state index contributed by atoms with van der Waals surface area (Å²) >= 11 is 0. The minimum absolute atomic E-state index is 0. The minimum atomic E-state index is -4.03. The molecule has 0 aromatic heterocycles. The van der Waals surface area contributed by atoms with Crippen molar-refractivity contribution < 1.29 is 13.0 Å². The number of aryl methyl sites for hydroxylation is 1. The molecule has 0 bridgehead atoms. The van der Waals surface area contributed by atoms with Gasteiger partial charge in [-0.2, -0.15) is 32.4 Å². The van der Waals surface area contributed by atoms with Gasteiger partial charge in [0.15, 0.2) is 12.1 Å². The van der Waals surface area contributed by atoms with Gasteiger partial charge in [-0.1, -0.05) is 18.2 Å². The molecule has 0 saturated carbocycles. The molecule has 0 aliphatic rings. The molecular formula is C9H10N2O3S2. The molecule has 1 aromatic rings. The van der Waals surface area contributed by atoms with Crippen LogP contribution in [0.15, 0.2) is 29.2 Å². The van der Waals surface area contributed by atoms with Gasteiger partial charge in [-0.25, -0.2) is 0 Å². The van der Waals surface area contributed by atoms with Crippen LogP contribution in [-0.4, -0.2) is 13.0 Å². The number of nitrogens with zero attached hydrogens (tertiary/aromatic N) is 2. The van der Waals surface area contributed by atoms with Gasteiger partial charge in [0.2, 0.25) is 0 Å². The van der Waals surface area contributed by atoms with Crippen LogP contribution in [0.2, 0.25) is 0 Å². The van der Waals surface area contributed by atoms with Gasteiger partial charge < -0.3 is 0 Å². The third kappa shape index (κ3) is 6.04. The van der Waals surface area contributed by atoms with E-state index in [9.17, 15) is 8.42 Å². The van der Waals surface area contributed by atoms with Crippen molar-refractivity contribution in [2.75, 3.05) is 0 Å². The van der Waals surface area contributed by atoms with Crippen molar-refractivity contribution in [1.29, 1.82) is 10.5 Å². The fourth-order valence-corrected chi connectivity index (χ4v) is 1.57. The first-order chi connectivity index (χ1) is 6.93. The van der Waals surface area contributed by atoms with Crippen molar-refractivity contribution in [2.24, 2.45) is 0 Å². The second-order valence-corrected chi connectivity index (χ2v) is 3.85. The summed E-state index contributed by atoms with van der Waals surface area (Å²) in [6.45, 7) is 1.63. The highest BCUT2D eigenvalue weighted by molar-refractivity contribution is 7.85. The monoisotopic (exact) mass is 258 g/mol. The van der Waals surface area contributed by atoms with Crippen LogP contribution in [0.1, 0.15) is 5.56 Å². The number of hydrogen-bond donors (Lipinski definition) is 1. The molecule has 0 heterocycles. The summed E-state index contributed by atoms with van der Waals surface area (Å²) in [6, 6.07) is 8.74. The number of nitriles is 2. The van der Waals surface area contributed by atoms with E-state index in [1.54, 1.807) is 25.1 Å². The van der Waals surface area contributed by atoms with E-state index in [4.69, 9.17) is 15.1 Å². The molecule has 0 fully saturated rings. The van der Waals surface area contributed by atoms with Crippen LogP contribution < -0.4 is 0 Å². The molecule has 0 saturated heterocycles. The molecule has 0 aliphatic heterocycles. The lowest BCUT2D eigenvalue weighted by molar-refractivity contribution is 0.482. The average Bonchev–Trinajstić information content (AvgIpc) is 2.17. The summed E-state index contributed by atoms with van der Waals surface area (Å²) in [5, 5.41) is 14.5. The van der Waals surface area contributed by atoms with Crippen LogP contribution in [0.25, 0.3) is 0 Å². The van der Waals surface area contributed by atoms with E-state index < -0.39 is 10.1 Å². The number of hydrogen-bond acceptors (Lipinski definition) is 4. The second-order valence-electron chi connectivity index (χ2n) is 2.46. The van der Waals surface area contributed by atoms with Gasteiger partial charge in [0.1, 0.15) is 0 Å². The first-order valence-corrected chi connectivity index (χ1v) is 5.18. The van der Waals surface area contributed by atoms with Crippen LogP contribution in [0.3, 0.4) is 0 Å². The Kier molecular flexibility index (Phi) is 8.13. The molecular weight excluding hydrogens is 248 g/mol. The molecule has 0 unspecified atom stereocenters. The van der Waals surface area contributed by atoms with E-state index in [1.165, 1.54) is 18.2 Å². The number of benzene rings is 1. The molecule has 16 heavy (non-hydrogen) atoms. The second kappa shape index (κ2) is 7.71. The highest BCUT2D eigenvalue weighted by atomic mass is 32.2. The minimum Gasteiger partial charge on any atom is -0.282 e. The largest absolute Gasteiger partial charge is 0.294 e. The van der Waals surface area contributed by atoms with Crippen LogP contribution in [0.5, 0.6) is 0 Å². The zero-order valence-electron chi connectivity index (χ0n) is 8.38. The summed E-state index contributed by atoms with van der Waals surface area (Å²) < 4.78 is 29.9. The Hall–Kier alpha value is -1.54. The highest BCUT2D eigenvalue weighted by Gasteiger charge is 2.10. The highest BCUT2D eigenvalue weighted by Crippen LogP contribution is 2.12. The van der Waals surface area contributed by atoms with E-state index in [0.717, 1.165) is 0 Å². The molecule has 7 heteroatoms. The maximum absolute atomic E-state index is 10.6. The predicted molar refractivity (Wildman–Crippen MR) is 62.6 cm³/mol. The molecule has 0 amide bonds. The first-order valence-electron chi connectivity index (χ1n) is 3.74. The summed E-state index contributed by atoms with van der Waals surface area (Å²) in [6.07, 6.45) is 0. The third-order valence-corrected chi connectivity index (χ3v) is 2.44. The summed E-state index contributed by atoms with van der Waals surface area (Å²) in [4.78, 5) is -0.0278. The third-order valence-electron chi connectivity index (χ3n) is 1.42. The Bertz CT molecular complexity index is 500. The van der Waals surface area contributed by atoms with Gasteiger partial charge in [0, 0.05) is 0 Å². The topological polar surface area (TPSA) is 102 Å². The van der Waals surface area contributed by atoms with E-state index in [-0.39, 0.29) is 18.4 Å². The zero-order valence-corrected chi connectivity index (χ0v) is 10.2. The molecule has 0 spiro atoms. The Balaban J connectivity index is 0. The number of rotatable bonds is 1. The SMILES string of the molecule is Cc1ccccc1S(=O)(=O)O.N#CC#N.S. The Morgan fingerprint density at radius 1 is 1.19 bits per heavy atom. The summed E-state index contributed by atoms with van der Waals surface area (Å²) in [5.41, 5.74) is 0.551. The fraction of sp³-hybridized carbons (Fsp3) is 0.111. The lowest BCUT2D eigenvalue weighted by Crippen LogP contribution is -1.99. The van der Waals surface area contributed by atoms with Gasteiger partial charge in [0.05, 0.1) is 4.90 Å². The Labute approximate surface area is 101 Å². The Morgan fingerprint density at radius 2 is 1.62 bits per heavy atom. The van der Waals surface area contributed by atoms with Crippen molar-refractivity contribution in [3.63, 3.8) is 0 Å². The van der Waals surface area contributed by atoms with Crippen LogP contribution in [0.4, 0.5) is 0 Å². The molecule has 1 rings (SSSR count). The molecule has 5 nitrogen and oxygen atoms in total. The Morgan fingerprint density at radius 3 is 1.88 bits per heavy atom. The van der Waals surface area contributed by atoms with Crippen molar-refractivity contribution in [2.45, 2.75) is 11.8 Å². The maximum Gasteiger partial charge on any atom is 0.294 e. The van der Waals surface area contributed by atoms with Gasteiger partial charge in [-0.05, 0) is 18.6 Å². The molecule has 1 aromatic carbocycles. The smallest absolute Gasteiger partial charge is 0.282 e. The van der Waals surface area contributed by atoms with Crippen molar-refractivity contribution in [3.8, 4) is 12.1 Å². The van der Waals surface area contributed by atoms with E-state index >= 15 is 0 Å². The first kappa shape index (κ1) is 16.9. The molecule has 0 atom stereocenters. The van der Waals surface area contributed by atoms with Crippen LogP contribution in [0, 0.1) is 29.6 Å². The van der Waals surface area contributed by atoms with Crippen LogP contribution in [-0.2, 0) is 10.1 Å². The fourth-order valence-electron chi connectivity index (χ4n) is 0.846. The zero-order chi connectivity index (χ0) is 11.9. The van der Waals surface area contributed by atoms with Crippen molar-refractivity contribution in [3.05, 3.63) is 29.8 Å². The standard InChI is InChI=1S/C7H8O3S.C2N2.H2S/c1-6-4-2-3-5-7(6)11(8,9)10;3-1-2-4;/h2-5H,1H3,(H,8,9,10);;1H2. The summed E-state index contributed by atoms with van der Waals surface area (Å²) in [7, 11) is -4.03. The lowest BCUT2D eigenvalue weighted by atomic mass is 10.2. The van der Waals surface area contributed by atoms with Gasteiger partial charge in [0.25, 0.3) is 10.1 Å². The van der Waals surface area contributed by atoms with Crippen molar-refractivity contribution in [1.82, 2.24) is 0 Å². The molecule has 1 N–H and O–H groups in total. The normalized spacial score (nSPS) is 8.50. The molecule has 86 valence electrons. The van der Waals surface area contributed by atoms with Gasteiger partial charge >= 0.3 is 0 Å². The molecule has 0 radical (unpaired) electrons. The molecule has 0 aliphatic carbocycles. The van der Waals surface area contributed by atoms with E-state index in [1.807, 2.05) is 0 Å². The maximum atomic E-state index is 10.6.